The summed E-state index contributed by atoms with van der Waals surface area (Å²) in [6.45, 7) is 5.71. The van der Waals surface area contributed by atoms with Crippen molar-refractivity contribution in [1.29, 1.82) is 0 Å². The standard InChI is InChI=1S/C15H16Cl2N2O2/c1-8(2)14(10-4-5-11(16)12(17)7-10)15(20)18-13-6-9(3)21-19-13/h4-8,14H,1-3H3,(H,18,19,20). The van der Waals surface area contributed by atoms with Crippen molar-refractivity contribution in [2.24, 2.45) is 5.92 Å². The molecule has 6 heteroatoms. The molecule has 112 valence electrons. The molecule has 0 aliphatic rings. The largest absolute Gasteiger partial charge is 0.360 e. The van der Waals surface area contributed by atoms with Crippen LogP contribution in [-0.2, 0) is 4.79 Å². The van der Waals surface area contributed by atoms with Crippen molar-refractivity contribution in [3.63, 3.8) is 0 Å². The summed E-state index contributed by atoms with van der Waals surface area (Å²) in [4.78, 5) is 12.5. The van der Waals surface area contributed by atoms with Gasteiger partial charge < -0.3 is 9.84 Å². The molecule has 21 heavy (non-hydrogen) atoms. The Bertz CT molecular complexity index is 653. The summed E-state index contributed by atoms with van der Waals surface area (Å²) in [5.74, 6) is 0.632. The number of carbonyl (C=O) groups is 1. The van der Waals surface area contributed by atoms with Crippen LogP contribution in [0.5, 0.6) is 0 Å². The third-order valence-corrected chi connectivity index (χ3v) is 3.87. The predicted octanol–water partition coefficient (Wildman–Crippen LogP) is 4.67. The molecule has 1 aromatic heterocycles. The molecule has 0 fully saturated rings. The molecule has 1 unspecified atom stereocenters. The van der Waals surface area contributed by atoms with Crippen LogP contribution in [0, 0.1) is 12.8 Å². The summed E-state index contributed by atoms with van der Waals surface area (Å²) < 4.78 is 4.94. The van der Waals surface area contributed by atoms with E-state index in [1.54, 1.807) is 25.1 Å². The van der Waals surface area contributed by atoms with E-state index < -0.39 is 0 Å². The number of rotatable bonds is 4. The lowest BCUT2D eigenvalue weighted by Crippen LogP contribution is -2.25. The van der Waals surface area contributed by atoms with E-state index in [-0.39, 0.29) is 17.7 Å². The van der Waals surface area contributed by atoms with Gasteiger partial charge in [0.2, 0.25) is 5.91 Å². The lowest BCUT2D eigenvalue weighted by atomic mass is 9.87. The maximum absolute atomic E-state index is 12.5. The van der Waals surface area contributed by atoms with Crippen LogP contribution in [-0.4, -0.2) is 11.1 Å². The summed E-state index contributed by atoms with van der Waals surface area (Å²) in [7, 11) is 0. The number of hydrogen-bond donors (Lipinski definition) is 1. The van der Waals surface area contributed by atoms with Gasteiger partial charge >= 0.3 is 0 Å². The second kappa shape index (κ2) is 6.50. The van der Waals surface area contributed by atoms with Crippen molar-refractivity contribution in [1.82, 2.24) is 5.16 Å². The van der Waals surface area contributed by atoms with Gasteiger partial charge in [-0.25, -0.2) is 0 Å². The van der Waals surface area contributed by atoms with E-state index >= 15 is 0 Å². The average molecular weight is 327 g/mol. The summed E-state index contributed by atoms with van der Waals surface area (Å²) in [5.41, 5.74) is 0.817. The number of carbonyl (C=O) groups excluding carboxylic acids is 1. The molecule has 0 radical (unpaired) electrons. The first kappa shape index (κ1) is 15.9. The van der Waals surface area contributed by atoms with Gasteiger partial charge in [0.1, 0.15) is 5.76 Å². The minimum atomic E-state index is -0.350. The highest BCUT2D eigenvalue weighted by atomic mass is 35.5. The molecule has 1 N–H and O–H groups in total. The van der Waals surface area contributed by atoms with E-state index in [0.717, 1.165) is 5.56 Å². The topological polar surface area (TPSA) is 55.1 Å². The predicted molar refractivity (Wildman–Crippen MR) is 83.9 cm³/mol. The molecule has 1 aromatic carbocycles. The quantitative estimate of drug-likeness (QED) is 0.888. The number of benzene rings is 1. The maximum Gasteiger partial charge on any atom is 0.233 e. The van der Waals surface area contributed by atoms with E-state index in [9.17, 15) is 4.79 Å². The molecule has 0 saturated carbocycles. The van der Waals surface area contributed by atoms with Crippen LogP contribution in [0.25, 0.3) is 0 Å². The van der Waals surface area contributed by atoms with Crippen molar-refractivity contribution >= 4 is 34.9 Å². The lowest BCUT2D eigenvalue weighted by molar-refractivity contribution is -0.118. The van der Waals surface area contributed by atoms with Crippen LogP contribution in [0.4, 0.5) is 5.82 Å². The van der Waals surface area contributed by atoms with E-state index in [1.807, 2.05) is 19.9 Å². The first-order chi connectivity index (χ1) is 9.88. The van der Waals surface area contributed by atoms with Gasteiger partial charge in [0.05, 0.1) is 16.0 Å². The van der Waals surface area contributed by atoms with Crippen molar-refractivity contribution < 1.29 is 9.32 Å². The average Bonchev–Trinajstić information content (AvgIpc) is 2.79. The molecule has 1 heterocycles. The van der Waals surface area contributed by atoms with Gasteiger partial charge in [0.25, 0.3) is 0 Å². The second-order valence-corrected chi connectivity index (χ2v) is 6.02. The first-order valence-corrected chi connectivity index (χ1v) is 7.33. The Kier molecular flexibility index (Phi) is 4.91. The van der Waals surface area contributed by atoms with E-state index in [2.05, 4.69) is 10.5 Å². The molecule has 2 rings (SSSR count). The SMILES string of the molecule is Cc1cc(NC(=O)C(c2ccc(Cl)c(Cl)c2)C(C)C)no1. The van der Waals surface area contributed by atoms with Crippen LogP contribution >= 0.6 is 23.2 Å². The molecule has 2 aromatic rings. The Balaban J connectivity index is 2.25. The van der Waals surface area contributed by atoms with Gasteiger partial charge in [0.15, 0.2) is 5.82 Å². The highest BCUT2D eigenvalue weighted by Gasteiger charge is 2.25. The fourth-order valence-corrected chi connectivity index (χ4v) is 2.48. The summed E-state index contributed by atoms with van der Waals surface area (Å²) >= 11 is 12.0. The van der Waals surface area contributed by atoms with Crippen LogP contribution in [0.3, 0.4) is 0 Å². The third kappa shape index (κ3) is 3.77. The van der Waals surface area contributed by atoms with Gasteiger partial charge in [-0.3, -0.25) is 4.79 Å². The number of halogens is 2. The minimum absolute atomic E-state index is 0.0928. The normalized spacial score (nSPS) is 12.5. The second-order valence-electron chi connectivity index (χ2n) is 5.21. The Labute approximate surface area is 133 Å². The van der Waals surface area contributed by atoms with Gasteiger partial charge in [-0.05, 0) is 30.5 Å². The zero-order chi connectivity index (χ0) is 15.6. The number of amides is 1. The number of nitrogens with one attached hydrogen (secondary N) is 1. The van der Waals surface area contributed by atoms with Crippen LogP contribution < -0.4 is 5.32 Å². The molecule has 1 atom stereocenters. The summed E-state index contributed by atoms with van der Waals surface area (Å²) in [6.07, 6.45) is 0. The summed E-state index contributed by atoms with van der Waals surface area (Å²) in [5, 5.41) is 7.43. The molecule has 0 saturated heterocycles. The number of aromatic nitrogens is 1. The van der Waals surface area contributed by atoms with Crippen LogP contribution in [0.1, 0.15) is 31.1 Å². The molecule has 0 spiro atoms. The maximum atomic E-state index is 12.5. The van der Waals surface area contributed by atoms with Crippen LogP contribution in [0.15, 0.2) is 28.8 Å². The van der Waals surface area contributed by atoms with Gasteiger partial charge in [-0.15, -0.1) is 0 Å². The minimum Gasteiger partial charge on any atom is -0.360 e. The highest BCUT2D eigenvalue weighted by molar-refractivity contribution is 6.42. The van der Waals surface area contributed by atoms with Gasteiger partial charge in [0, 0.05) is 6.07 Å². The summed E-state index contributed by atoms with van der Waals surface area (Å²) in [6, 6.07) is 6.90. The highest BCUT2D eigenvalue weighted by Crippen LogP contribution is 2.31. The fraction of sp³-hybridized carbons (Fsp3) is 0.333. The molecule has 0 aliphatic carbocycles. The Hall–Kier alpha value is -1.52. The molecular weight excluding hydrogens is 311 g/mol. The number of nitrogens with zero attached hydrogens (tertiary/aromatic N) is 1. The molecule has 0 bridgehead atoms. The van der Waals surface area contributed by atoms with Crippen molar-refractivity contribution in [3.05, 3.63) is 45.6 Å². The molecule has 1 amide bonds. The van der Waals surface area contributed by atoms with Crippen molar-refractivity contribution in [3.8, 4) is 0 Å². The molecular formula is C15H16Cl2N2O2. The Morgan fingerprint density at radius 1 is 1.24 bits per heavy atom. The smallest absolute Gasteiger partial charge is 0.233 e. The first-order valence-electron chi connectivity index (χ1n) is 6.57. The van der Waals surface area contributed by atoms with E-state index in [0.29, 0.717) is 21.6 Å². The number of aryl methyl sites for hydroxylation is 1. The number of hydrogen-bond acceptors (Lipinski definition) is 3. The Morgan fingerprint density at radius 3 is 2.48 bits per heavy atom. The fourth-order valence-electron chi connectivity index (χ4n) is 2.17. The van der Waals surface area contributed by atoms with E-state index in [1.165, 1.54) is 0 Å². The van der Waals surface area contributed by atoms with Crippen molar-refractivity contribution in [2.45, 2.75) is 26.7 Å². The van der Waals surface area contributed by atoms with Crippen molar-refractivity contribution in [2.75, 3.05) is 5.32 Å². The molecule has 0 aliphatic heterocycles. The van der Waals surface area contributed by atoms with Gasteiger partial charge in [-0.1, -0.05) is 48.3 Å². The van der Waals surface area contributed by atoms with Gasteiger partial charge in [-0.2, -0.15) is 0 Å². The van der Waals surface area contributed by atoms with E-state index in [4.69, 9.17) is 27.7 Å². The third-order valence-electron chi connectivity index (χ3n) is 3.13. The van der Waals surface area contributed by atoms with Crippen LogP contribution in [0.2, 0.25) is 10.0 Å². The molecule has 4 nitrogen and oxygen atoms in total. The number of anilines is 1. The Morgan fingerprint density at radius 2 is 1.95 bits per heavy atom. The zero-order valence-electron chi connectivity index (χ0n) is 12.0. The monoisotopic (exact) mass is 326 g/mol. The lowest BCUT2D eigenvalue weighted by Gasteiger charge is -2.20. The zero-order valence-corrected chi connectivity index (χ0v) is 13.5.